The molecule has 0 atom stereocenters. The third kappa shape index (κ3) is 3.80. The molecule has 1 heterocycles. The van der Waals surface area contributed by atoms with E-state index in [-0.39, 0.29) is 0 Å². The van der Waals surface area contributed by atoms with Crippen LogP contribution in [0.1, 0.15) is 11.5 Å². The van der Waals surface area contributed by atoms with E-state index in [9.17, 15) is 0 Å². The monoisotopic (exact) mass is 279 g/mol. The van der Waals surface area contributed by atoms with Crippen molar-refractivity contribution in [2.45, 2.75) is 13.5 Å². The smallest absolute Gasteiger partial charge is 0.121 e. The molecular weight excluding hydrogens is 262 g/mol. The Labute approximate surface area is 118 Å². The zero-order valence-electron chi connectivity index (χ0n) is 11.2. The number of hydrogen-bond acceptors (Lipinski definition) is 3. The summed E-state index contributed by atoms with van der Waals surface area (Å²) in [4.78, 5) is 7.89. The molecule has 0 saturated carbocycles. The molecule has 2 rings (SSSR count). The Hall–Kier alpha value is -1.36. The largest absolute Gasteiger partial charge is 0.383 e. The molecule has 0 amide bonds. The number of methoxy groups -OCH3 is 1. The highest BCUT2D eigenvalue weighted by atomic mass is 35.5. The summed E-state index contributed by atoms with van der Waals surface area (Å²) in [6.45, 7) is 4.24. The van der Waals surface area contributed by atoms with Crippen LogP contribution in [0.15, 0.2) is 24.3 Å². The van der Waals surface area contributed by atoms with Crippen LogP contribution in [0.4, 0.5) is 0 Å². The molecule has 4 nitrogen and oxygen atoms in total. The van der Waals surface area contributed by atoms with E-state index in [1.54, 1.807) is 7.11 Å². The summed E-state index contributed by atoms with van der Waals surface area (Å²) in [6.07, 6.45) is 0. The van der Waals surface area contributed by atoms with Crippen molar-refractivity contribution in [3.8, 4) is 11.3 Å². The predicted octanol–water partition coefficient (Wildman–Crippen LogP) is 2.77. The van der Waals surface area contributed by atoms with Crippen LogP contribution in [0.3, 0.4) is 0 Å². The first kappa shape index (κ1) is 14.1. The summed E-state index contributed by atoms with van der Waals surface area (Å²) in [7, 11) is 1.69. The highest BCUT2D eigenvalue weighted by Crippen LogP contribution is 2.22. The molecule has 0 aliphatic rings. The van der Waals surface area contributed by atoms with Crippen molar-refractivity contribution in [2.24, 2.45) is 0 Å². The first-order valence-corrected chi connectivity index (χ1v) is 6.59. The molecule has 1 aromatic heterocycles. The molecule has 0 bridgehead atoms. The molecule has 0 aliphatic carbocycles. The van der Waals surface area contributed by atoms with Gasteiger partial charge in [0, 0.05) is 29.9 Å². The molecule has 0 radical (unpaired) electrons. The molecule has 2 aromatic rings. The standard InChI is InChI=1S/C14H18ClN3O/c1-10-14(11-3-5-12(15)6-4-11)18-13(17-10)9-16-7-8-19-2/h3-6,16H,7-9H2,1-2H3,(H,17,18). The average molecular weight is 280 g/mol. The molecule has 2 N–H and O–H groups in total. The van der Waals surface area contributed by atoms with Crippen molar-refractivity contribution in [3.63, 3.8) is 0 Å². The Bertz CT molecular complexity index is 522. The lowest BCUT2D eigenvalue weighted by atomic mass is 10.1. The summed E-state index contributed by atoms with van der Waals surface area (Å²) < 4.78 is 4.98. The number of aromatic amines is 1. The van der Waals surface area contributed by atoms with Gasteiger partial charge in [-0.2, -0.15) is 0 Å². The van der Waals surface area contributed by atoms with Crippen LogP contribution in [0.5, 0.6) is 0 Å². The fraction of sp³-hybridized carbons (Fsp3) is 0.357. The van der Waals surface area contributed by atoms with Gasteiger partial charge >= 0.3 is 0 Å². The van der Waals surface area contributed by atoms with Gasteiger partial charge in [0.15, 0.2) is 0 Å². The second kappa shape index (κ2) is 6.70. The van der Waals surface area contributed by atoms with Gasteiger partial charge in [-0.1, -0.05) is 23.7 Å². The van der Waals surface area contributed by atoms with Crippen LogP contribution >= 0.6 is 11.6 Å². The number of nitrogens with zero attached hydrogens (tertiary/aromatic N) is 1. The maximum atomic E-state index is 5.89. The highest BCUT2D eigenvalue weighted by Gasteiger charge is 2.08. The van der Waals surface area contributed by atoms with E-state index in [2.05, 4.69) is 15.3 Å². The lowest BCUT2D eigenvalue weighted by Gasteiger charge is -2.00. The maximum Gasteiger partial charge on any atom is 0.121 e. The van der Waals surface area contributed by atoms with E-state index in [0.29, 0.717) is 13.2 Å². The SMILES string of the molecule is COCCNCc1nc(-c2ccc(Cl)cc2)c(C)[nH]1. The molecular formula is C14H18ClN3O. The fourth-order valence-electron chi connectivity index (χ4n) is 1.88. The Morgan fingerprint density at radius 2 is 2.05 bits per heavy atom. The van der Waals surface area contributed by atoms with Crippen LogP contribution in [0, 0.1) is 6.92 Å². The maximum absolute atomic E-state index is 5.89. The highest BCUT2D eigenvalue weighted by molar-refractivity contribution is 6.30. The van der Waals surface area contributed by atoms with Gasteiger partial charge < -0.3 is 15.0 Å². The molecule has 5 heteroatoms. The number of aryl methyl sites for hydroxylation is 1. The van der Waals surface area contributed by atoms with Crippen molar-refractivity contribution in [3.05, 3.63) is 40.8 Å². The Balaban J connectivity index is 2.06. The van der Waals surface area contributed by atoms with Crippen molar-refractivity contribution >= 4 is 11.6 Å². The minimum absolute atomic E-state index is 0.698. The number of imidazole rings is 1. The number of aromatic nitrogens is 2. The molecule has 0 spiro atoms. The Morgan fingerprint density at radius 1 is 1.32 bits per heavy atom. The molecule has 0 aliphatic heterocycles. The summed E-state index contributed by atoms with van der Waals surface area (Å²) in [6, 6.07) is 7.71. The van der Waals surface area contributed by atoms with Gasteiger partial charge in [0.05, 0.1) is 18.8 Å². The van der Waals surface area contributed by atoms with Crippen LogP contribution in [0.25, 0.3) is 11.3 Å². The number of H-pyrrole nitrogens is 1. The number of halogens is 1. The van der Waals surface area contributed by atoms with Gasteiger partial charge in [-0.15, -0.1) is 0 Å². The first-order chi connectivity index (χ1) is 9.20. The second-order valence-corrected chi connectivity index (χ2v) is 4.77. The van der Waals surface area contributed by atoms with Crippen LogP contribution in [-0.2, 0) is 11.3 Å². The lowest BCUT2D eigenvalue weighted by molar-refractivity contribution is 0.199. The minimum atomic E-state index is 0.698. The number of rotatable bonds is 6. The number of nitrogens with one attached hydrogen (secondary N) is 2. The molecule has 19 heavy (non-hydrogen) atoms. The third-order valence-corrected chi connectivity index (χ3v) is 3.08. The van der Waals surface area contributed by atoms with Gasteiger partial charge in [0.25, 0.3) is 0 Å². The third-order valence-electron chi connectivity index (χ3n) is 2.83. The van der Waals surface area contributed by atoms with Gasteiger partial charge in [0.1, 0.15) is 5.82 Å². The molecule has 0 unspecified atom stereocenters. The van der Waals surface area contributed by atoms with Crippen molar-refractivity contribution in [1.29, 1.82) is 0 Å². The summed E-state index contributed by atoms with van der Waals surface area (Å²) >= 11 is 5.89. The minimum Gasteiger partial charge on any atom is -0.383 e. The van der Waals surface area contributed by atoms with Crippen LogP contribution in [-0.4, -0.2) is 30.2 Å². The summed E-state index contributed by atoms with van der Waals surface area (Å²) in [5, 5.41) is 4.00. The zero-order chi connectivity index (χ0) is 13.7. The van der Waals surface area contributed by atoms with E-state index in [1.807, 2.05) is 31.2 Å². The Morgan fingerprint density at radius 3 is 2.74 bits per heavy atom. The van der Waals surface area contributed by atoms with Crippen molar-refractivity contribution < 1.29 is 4.74 Å². The Kier molecular flexibility index (Phi) is 4.96. The predicted molar refractivity (Wildman–Crippen MR) is 77.4 cm³/mol. The second-order valence-electron chi connectivity index (χ2n) is 4.33. The quantitative estimate of drug-likeness (QED) is 0.800. The lowest BCUT2D eigenvalue weighted by Crippen LogP contribution is -2.19. The van der Waals surface area contributed by atoms with E-state index in [4.69, 9.17) is 16.3 Å². The van der Waals surface area contributed by atoms with Gasteiger partial charge in [-0.25, -0.2) is 4.98 Å². The van der Waals surface area contributed by atoms with E-state index < -0.39 is 0 Å². The van der Waals surface area contributed by atoms with Crippen LogP contribution < -0.4 is 5.32 Å². The molecule has 0 fully saturated rings. The van der Waals surface area contributed by atoms with E-state index >= 15 is 0 Å². The van der Waals surface area contributed by atoms with Gasteiger partial charge in [-0.05, 0) is 19.1 Å². The van der Waals surface area contributed by atoms with Crippen molar-refractivity contribution in [1.82, 2.24) is 15.3 Å². The molecule has 0 saturated heterocycles. The summed E-state index contributed by atoms with van der Waals surface area (Å²) in [5.74, 6) is 0.929. The fourth-order valence-corrected chi connectivity index (χ4v) is 2.00. The molecule has 1 aromatic carbocycles. The molecule has 102 valence electrons. The zero-order valence-corrected chi connectivity index (χ0v) is 11.9. The first-order valence-electron chi connectivity index (χ1n) is 6.22. The van der Waals surface area contributed by atoms with Crippen LogP contribution in [0.2, 0.25) is 5.02 Å². The van der Waals surface area contributed by atoms with E-state index in [0.717, 1.165) is 34.3 Å². The average Bonchev–Trinajstić information content (AvgIpc) is 2.77. The number of benzene rings is 1. The normalized spacial score (nSPS) is 10.9. The van der Waals surface area contributed by atoms with Crippen molar-refractivity contribution in [2.75, 3.05) is 20.3 Å². The van der Waals surface area contributed by atoms with E-state index in [1.165, 1.54) is 0 Å². The van der Waals surface area contributed by atoms with Gasteiger partial charge in [0.2, 0.25) is 0 Å². The number of hydrogen-bond donors (Lipinski definition) is 2. The number of ether oxygens (including phenoxy) is 1. The summed E-state index contributed by atoms with van der Waals surface area (Å²) in [5.41, 5.74) is 3.10. The topological polar surface area (TPSA) is 49.9 Å². The van der Waals surface area contributed by atoms with Gasteiger partial charge in [-0.3, -0.25) is 0 Å².